The van der Waals surface area contributed by atoms with Gasteiger partial charge in [-0.05, 0) is 43.9 Å². The first-order valence-corrected chi connectivity index (χ1v) is 18.6. The Labute approximate surface area is 268 Å². The minimum Gasteiger partial charge on any atom is -0.447 e. The molecule has 258 valence electrons. The summed E-state index contributed by atoms with van der Waals surface area (Å²) < 4.78 is 17.1. The van der Waals surface area contributed by atoms with Crippen LogP contribution in [0.25, 0.3) is 0 Å². The van der Waals surface area contributed by atoms with Crippen LogP contribution in [-0.2, 0) is 14.2 Å². The van der Waals surface area contributed by atoms with E-state index in [0.29, 0.717) is 32.7 Å². The molecule has 0 spiro atoms. The minimum atomic E-state index is -0.604. The monoisotopic (exact) mass is 614 g/mol. The maximum Gasteiger partial charge on any atom is 0.409 e. The van der Waals surface area contributed by atoms with Crippen molar-refractivity contribution in [2.45, 2.75) is 176 Å². The van der Waals surface area contributed by atoms with E-state index in [1.54, 1.807) is 4.90 Å². The van der Waals surface area contributed by atoms with Crippen LogP contribution in [0.15, 0.2) is 0 Å². The van der Waals surface area contributed by atoms with E-state index in [1.165, 1.54) is 103 Å². The van der Waals surface area contributed by atoms with Gasteiger partial charge in [0.05, 0.1) is 6.10 Å². The summed E-state index contributed by atoms with van der Waals surface area (Å²) in [6.45, 7) is 15.3. The fourth-order valence-corrected chi connectivity index (χ4v) is 5.22. The molecule has 0 radical (unpaired) electrons. The number of aliphatic hydroxyl groups is 1. The van der Waals surface area contributed by atoms with Crippen LogP contribution < -0.4 is 0 Å². The van der Waals surface area contributed by atoms with Crippen LogP contribution in [0.3, 0.4) is 0 Å². The highest BCUT2D eigenvalue weighted by Crippen LogP contribution is 2.14. The van der Waals surface area contributed by atoms with Crippen molar-refractivity contribution in [2.24, 2.45) is 11.8 Å². The van der Waals surface area contributed by atoms with E-state index in [-0.39, 0.29) is 12.7 Å². The fourth-order valence-electron chi connectivity index (χ4n) is 5.22. The first kappa shape index (κ1) is 42.1. The van der Waals surface area contributed by atoms with Gasteiger partial charge in [-0.15, -0.1) is 0 Å². The van der Waals surface area contributed by atoms with Crippen molar-refractivity contribution in [1.82, 2.24) is 4.90 Å². The molecule has 0 aliphatic carbocycles. The Hall–Kier alpha value is -0.850. The first-order valence-electron chi connectivity index (χ1n) is 18.6. The predicted octanol–water partition coefficient (Wildman–Crippen LogP) is 10.3. The molecule has 0 aromatic rings. The third-order valence-corrected chi connectivity index (χ3v) is 8.20. The molecule has 0 aliphatic rings. The lowest BCUT2D eigenvalue weighted by Gasteiger charge is -2.23. The third kappa shape index (κ3) is 32.4. The Morgan fingerprint density at radius 3 is 1.28 bits per heavy atom. The van der Waals surface area contributed by atoms with Crippen molar-refractivity contribution in [3.05, 3.63) is 0 Å². The number of amides is 1. The summed E-state index contributed by atoms with van der Waals surface area (Å²) in [5.74, 6) is 1.68. The van der Waals surface area contributed by atoms with E-state index in [1.807, 2.05) is 6.92 Å². The zero-order chi connectivity index (χ0) is 31.8. The largest absolute Gasteiger partial charge is 0.447 e. The maximum atomic E-state index is 12.6. The Morgan fingerprint density at radius 2 is 0.907 bits per heavy atom. The first-order chi connectivity index (χ1) is 20.9. The number of hydrogen-bond acceptors (Lipinski definition) is 5. The Morgan fingerprint density at radius 1 is 0.558 bits per heavy atom. The molecule has 1 amide bonds. The molecule has 0 saturated carbocycles. The van der Waals surface area contributed by atoms with Crippen LogP contribution in [0, 0.1) is 11.8 Å². The van der Waals surface area contributed by atoms with Gasteiger partial charge in [-0.3, -0.25) is 0 Å². The molecule has 0 bridgehead atoms. The maximum absolute atomic E-state index is 12.6. The molecule has 0 rings (SSSR count). The number of carbonyl (C=O) groups is 1. The van der Waals surface area contributed by atoms with Gasteiger partial charge in [0.1, 0.15) is 6.61 Å². The molecule has 0 aliphatic heterocycles. The molecule has 1 unspecified atom stereocenters. The van der Waals surface area contributed by atoms with Crippen molar-refractivity contribution in [2.75, 3.05) is 46.1 Å². The van der Waals surface area contributed by atoms with Crippen molar-refractivity contribution in [1.29, 1.82) is 0 Å². The molecular formula is C37H75NO5. The zero-order valence-electron chi connectivity index (χ0n) is 29.6. The highest BCUT2D eigenvalue weighted by Gasteiger charge is 2.16. The average Bonchev–Trinajstić information content (AvgIpc) is 2.98. The van der Waals surface area contributed by atoms with Crippen molar-refractivity contribution >= 4 is 6.09 Å². The summed E-state index contributed by atoms with van der Waals surface area (Å²) in [5, 5.41) is 9.79. The molecule has 0 saturated heterocycles. The normalized spacial score (nSPS) is 12.4. The van der Waals surface area contributed by atoms with Gasteiger partial charge in [-0.2, -0.15) is 0 Å². The van der Waals surface area contributed by atoms with Crippen LogP contribution in [0.2, 0.25) is 0 Å². The van der Waals surface area contributed by atoms with Gasteiger partial charge in [-0.25, -0.2) is 4.79 Å². The quantitative estimate of drug-likeness (QED) is 0.0746. The number of aliphatic hydroxyl groups excluding tert-OH is 1. The lowest BCUT2D eigenvalue weighted by Crippen LogP contribution is -2.36. The number of unbranched alkanes of at least 4 members (excludes halogenated alkanes) is 14. The van der Waals surface area contributed by atoms with Gasteiger partial charge in [0.15, 0.2) is 0 Å². The SMILES string of the molecule is CCC(O)COC(=O)N(CCCOCCCCCCCCCCC(C)C)CCCOCCCCCCCCCCC(C)C. The summed E-state index contributed by atoms with van der Waals surface area (Å²) in [6, 6.07) is 0. The molecule has 1 atom stereocenters. The number of ether oxygens (including phenoxy) is 3. The predicted molar refractivity (Wildman–Crippen MR) is 183 cm³/mol. The Kier molecular flexibility index (Phi) is 31.9. The fraction of sp³-hybridized carbons (Fsp3) is 0.973. The van der Waals surface area contributed by atoms with Crippen molar-refractivity contribution < 1.29 is 24.1 Å². The third-order valence-electron chi connectivity index (χ3n) is 8.20. The van der Waals surface area contributed by atoms with E-state index in [0.717, 1.165) is 50.7 Å². The van der Waals surface area contributed by atoms with E-state index >= 15 is 0 Å². The van der Waals surface area contributed by atoms with Gasteiger partial charge in [-0.1, -0.05) is 137 Å². The summed E-state index contributed by atoms with van der Waals surface area (Å²) in [7, 11) is 0. The highest BCUT2D eigenvalue weighted by molar-refractivity contribution is 5.67. The van der Waals surface area contributed by atoms with E-state index in [9.17, 15) is 9.90 Å². The summed E-state index contributed by atoms with van der Waals surface area (Å²) >= 11 is 0. The smallest absolute Gasteiger partial charge is 0.409 e. The van der Waals surface area contributed by atoms with Gasteiger partial charge in [0.25, 0.3) is 0 Å². The number of hydrogen-bond donors (Lipinski definition) is 1. The summed E-state index contributed by atoms with van der Waals surface area (Å²) in [6.07, 6.45) is 25.0. The van der Waals surface area contributed by atoms with Crippen molar-refractivity contribution in [3.8, 4) is 0 Å². The Bertz CT molecular complexity index is 535. The molecular weight excluding hydrogens is 538 g/mol. The lowest BCUT2D eigenvalue weighted by molar-refractivity contribution is 0.0411. The molecule has 0 fully saturated rings. The zero-order valence-corrected chi connectivity index (χ0v) is 29.6. The van der Waals surface area contributed by atoms with Crippen molar-refractivity contribution in [3.63, 3.8) is 0 Å². The molecule has 43 heavy (non-hydrogen) atoms. The van der Waals surface area contributed by atoms with E-state index < -0.39 is 6.10 Å². The van der Waals surface area contributed by atoms with Gasteiger partial charge in [0.2, 0.25) is 0 Å². The lowest BCUT2D eigenvalue weighted by atomic mass is 10.0. The highest BCUT2D eigenvalue weighted by atomic mass is 16.6. The molecule has 0 aromatic carbocycles. The molecule has 0 aromatic heterocycles. The molecule has 0 heterocycles. The number of nitrogens with zero attached hydrogens (tertiary/aromatic N) is 1. The Balaban J connectivity index is 3.87. The summed E-state index contributed by atoms with van der Waals surface area (Å²) in [4.78, 5) is 14.4. The second-order valence-electron chi connectivity index (χ2n) is 13.6. The standard InChI is InChI=1S/C37H75NO5/c1-6-36(39)33-43-37(40)38(27-23-31-41-29-21-17-13-9-7-11-15-19-25-34(2)3)28-24-32-42-30-22-18-14-10-8-12-16-20-26-35(4)5/h34-36,39H,6-33H2,1-5H3. The van der Waals surface area contributed by atoms with Crippen LogP contribution in [0.5, 0.6) is 0 Å². The molecule has 6 heteroatoms. The average molecular weight is 614 g/mol. The van der Waals surface area contributed by atoms with Crippen LogP contribution in [0.1, 0.15) is 169 Å². The van der Waals surface area contributed by atoms with E-state index in [4.69, 9.17) is 14.2 Å². The second-order valence-corrected chi connectivity index (χ2v) is 13.6. The second kappa shape index (κ2) is 32.5. The topological polar surface area (TPSA) is 68.2 Å². The van der Waals surface area contributed by atoms with Gasteiger partial charge >= 0.3 is 6.09 Å². The van der Waals surface area contributed by atoms with Gasteiger partial charge < -0.3 is 24.2 Å². The van der Waals surface area contributed by atoms with Gasteiger partial charge in [0, 0.05) is 39.5 Å². The van der Waals surface area contributed by atoms with Crippen LogP contribution >= 0.6 is 0 Å². The van der Waals surface area contributed by atoms with Crippen LogP contribution in [0.4, 0.5) is 4.79 Å². The minimum absolute atomic E-state index is 0.0503. The van der Waals surface area contributed by atoms with E-state index in [2.05, 4.69) is 27.7 Å². The summed E-state index contributed by atoms with van der Waals surface area (Å²) in [5.41, 5.74) is 0. The molecule has 6 nitrogen and oxygen atoms in total. The number of carbonyl (C=O) groups excluding carboxylic acids is 1. The van der Waals surface area contributed by atoms with Crippen LogP contribution in [-0.4, -0.2) is 68.3 Å². The molecule has 1 N–H and O–H groups in total. The number of rotatable bonds is 33.